The Labute approximate surface area is 132 Å². The van der Waals surface area contributed by atoms with E-state index in [0.29, 0.717) is 11.1 Å². The first kappa shape index (κ1) is 13.7. The summed E-state index contributed by atoms with van der Waals surface area (Å²) in [7, 11) is 0. The van der Waals surface area contributed by atoms with Crippen LogP contribution in [-0.2, 0) is 0 Å². The fourth-order valence-corrected chi connectivity index (χ4v) is 3.97. The van der Waals surface area contributed by atoms with E-state index in [2.05, 4.69) is 27.5 Å². The van der Waals surface area contributed by atoms with Gasteiger partial charge in [0.05, 0.1) is 5.02 Å². The molecule has 1 aliphatic heterocycles. The monoisotopic (exact) mass is 389 g/mol. The van der Waals surface area contributed by atoms with Crippen LogP contribution in [0.3, 0.4) is 0 Å². The van der Waals surface area contributed by atoms with Gasteiger partial charge in [-0.15, -0.1) is 0 Å². The summed E-state index contributed by atoms with van der Waals surface area (Å²) >= 11 is 8.31. The highest BCUT2D eigenvalue weighted by Crippen LogP contribution is 2.37. The van der Waals surface area contributed by atoms with Gasteiger partial charge in [0.15, 0.2) is 0 Å². The summed E-state index contributed by atoms with van der Waals surface area (Å²) in [6.07, 6.45) is 6.24. The fourth-order valence-electron chi connectivity index (χ4n) is 3.45. The normalized spacial score (nSPS) is 26.3. The lowest BCUT2D eigenvalue weighted by molar-refractivity contribution is 0.0690. The van der Waals surface area contributed by atoms with Crippen LogP contribution in [0.2, 0.25) is 5.02 Å². The minimum absolute atomic E-state index is 0.160. The molecule has 1 aromatic rings. The molecule has 19 heavy (non-hydrogen) atoms. The third-order valence-electron chi connectivity index (χ3n) is 4.44. The van der Waals surface area contributed by atoms with E-state index in [1.165, 1.54) is 32.1 Å². The average molecular weight is 390 g/mol. The van der Waals surface area contributed by atoms with Gasteiger partial charge < -0.3 is 4.90 Å². The predicted molar refractivity (Wildman–Crippen MR) is 85.6 cm³/mol. The number of benzene rings is 1. The van der Waals surface area contributed by atoms with Crippen molar-refractivity contribution >= 4 is 40.1 Å². The Morgan fingerprint density at radius 1 is 1.26 bits per heavy atom. The van der Waals surface area contributed by atoms with Crippen LogP contribution in [0.1, 0.15) is 42.5 Å². The van der Waals surface area contributed by atoms with Crippen LogP contribution in [0, 0.1) is 9.49 Å². The second-order valence-corrected chi connectivity index (χ2v) is 7.10. The minimum atomic E-state index is 0.160. The van der Waals surface area contributed by atoms with E-state index in [9.17, 15) is 4.79 Å². The van der Waals surface area contributed by atoms with Gasteiger partial charge >= 0.3 is 0 Å². The van der Waals surface area contributed by atoms with Gasteiger partial charge in [0.25, 0.3) is 5.91 Å². The summed E-state index contributed by atoms with van der Waals surface area (Å²) in [6, 6.07) is 6.10. The topological polar surface area (TPSA) is 20.3 Å². The molecule has 2 unspecified atom stereocenters. The summed E-state index contributed by atoms with van der Waals surface area (Å²) in [6.45, 7) is 0.914. The van der Waals surface area contributed by atoms with Crippen LogP contribution in [-0.4, -0.2) is 23.4 Å². The first-order valence-corrected chi connectivity index (χ1v) is 8.38. The van der Waals surface area contributed by atoms with Gasteiger partial charge in [-0.1, -0.05) is 24.4 Å². The summed E-state index contributed by atoms with van der Waals surface area (Å²) in [5.74, 6) is 0.893. The van der Waals surface area contributed by atoms with Gasteiger partial charge in [-0.05, 0) is 66.0 Å². The second-order valence-electron chi connectivity index (χ2n) is 5.53. The number of amides is 1. The van der Waals surface area contributed by atoms with Crippen LogP contribution in [0.5, 0.6) is 0 Å². The number of carbonyl (C=O) groups excluding carboxylic acids is 1. The highest BCUT2D eigenvalue weighted by molar-refractivity contribution is 14.1. The van der Waals surface area contributed by atoms with Crippen LogP contribution in [0.25, 0.3) is 0 Å². The summed E-state index contributed by atoms with van der Waals surface area (Å²) in [5, 5.41) is 0.672. The van der Waals surface area contributed by atoms with Crippen molar-refractivity contribution in [1.29, 1.82) is 0 Å². The van der Waals surface area contributed by atoms with Crippen molar-refractivity contribution in [3.8, 4) is 0 Å². The quantitative estimate of drug-likeness (QED) is 0.654. The minimum Gasteiger partial charge on any atom is -0.335 e. The number of likely N-dealkylation sites (tertiary alicyclic amines) is 1. The van der Waals surface area contributed by atoms with Crippen molar-refractivity contribution in [2.45, 2.75) is 38.1 Å². The number of fused-ring (bicyclic) bond motifs is 1. The lowest BCUT2D eigenvalue weighted by atomic mass is 9.85. The zero-order chi connectivity index (χ0) is 13.4. The number of hydrogen-bond donors (Lipinski definition) is 0. The maximum absolute atomic E-state index is 12.6. The Balaban J connectivity index is 1.81. The molecule has 2 fully saturated rings. The molecule has 1 aromatic carbocycles. The van der Waals surface area contributed by atoms with Gasteiger partial charge in [0.2, 0.25) is 0 Å². The number of carbonyl (C=O) groups is 1. The Morgan fingerprint density at radius 2 is 2.05 bits per heavy atom. The van der Waals surface area contributed by atoms with Crippen molar-refractivity contribution in [2.24, 2.45) is 5.92 Å². The van der Waals surface area contributed by atoms with Crippen LogP contribution < -0.4 is 0 Å². The van der Waals surface area contributed by atoms with Crippen molar-refractivity contribution < 1.29 is 4.79 Å². The Bertz CT molecular complexity index is 505. The number of hydrogen-bond acceptors (Lipinski definition) is 1. The van der Waals surface area contributed by atoms with E-state index < -0.39 is 0 Å². The highest BCUT2D eigenvalue weighted by atomic mass is 127. The number of halogens is 2. The van der Waals surface area contributed by atoms with Gasteiger partial charge in [0, 0.05) is 21.7 Å². The fraction of sp³-hybridized carbons (Fsp3) is 0.533. The molecule has 1 heterocycles. The zero-order valence-electron chi connectivity index (χ0n) is 10.7. The molecular weight excluding hydrogens is 373 g/mol. The number of rotatable bonds is 1. The molecule has 0 radical (unpaired) electrons. The SMILES string of the molecule is O=C(c1ccc(I)c(Cl)c1)N1CCC2CCCCC21. The molecule has 0 N–H and O–H groups in total. The van der Waals surface area contributed by atoms with Crippen molar-refractivity contribution in [3.05, 3.63) is 32.4 Å². The van der Waals surface area contributed by atoms with E-state index in [0.717, 1.165) is 21.6 Å². The molecule has 102 valence electrons. The molecule has 0 aromatic heterocycles. The van der Waals surface area contributed by atoms with Crippen LogP contribution >= 0.6 is 34.2 Å². The van der Waals surface area contributed by atoms with Gasteiger partial charge in [-0.25, -0.2) is 0 Å². The Morgan fingerprint density at radius 3 is 2.84 bits per heavy atom. The summed E-state index contributed by atoms with van der Waals surface area (Å²) in [4.78, 5) is 14.7. The lowest BCUT2D eigenvalue weighted by Gasteiger charge is -2.31. The van der Waals surface area contributed by atoms with E-state index in [1.807, 2.05) is 18.2 Å². The van der Waals surface area contributed by atoms with Crippen LogP contribution in [0.15, 0.2) is 18.2 Å². The molecule has 1 aliphatic carbocycles. The molecule has 1 amide bonds. The molecule has 1 saturated carbocycles. The smallest absolute Gasteiger partial charge is 0.254 e. The number of nitrogens with zero attached hydrogens (tertiary/aromatic N) is 1. The molecule has 2 nitrogen and oxygen atoms in total. The molecule has 0 bridgehead atoms. The largest absolute Gasteiger partial charge is 0.335 e. The van der Waals surface area contributed by atoms with Crippen LogP contribution in [0.4, 0.5) is 0 Å². The Hall–Kier alpha value is -0.290. The van der Waals surface area contributed by atoms with Crippen molar-refractivity contribution in [1.82, 2.24) is 4.90 Å². The first-order chi connectivity index (χ1) is 9.16. The van der Waals surface area contributed by atoms with Gasteiger partial charge in [-0.3, -0.25) is 4.79 Å². The molecule has 0 spiro atoms. The van der Waals surface area contributed by atoms with E-state index in [-0.39, 0.29) is 5.91 Å². The lowest BCUT2D eigenvalue weighted by Crippen LogP contribution is -2.39. The third-order valence-corrected chi connectivity index (χ3v) is 6.01. The maximum atomic E-state index is 12.6. The van der Waals surface area contributed by atoms with E-state index in [4.69, 9.17) is 11.6 Å². The molecule has 2 aliphatic rings. The molecule has 3 rings (SSSR count). The molecule has 1 saturated heterocycles. The zero-order valence-corrected chi connectivity index (χ0v) is 13.7. The Kier molecular flexibility index (Phi) is 4.03. The standard InChI is InChI=1S/C15H17ClINO/c16-12-9-11(5-6-13(12)17)15(19)18-8-7-10-3-1-2-4-14(10)18/h5-6,9-10,14H,1-4,7-8H2. The van der Waals surface area contributed by atoms with Gasteiger partial charge in [0.1, 0.15) is 0 Å². The molecular formula is C15H17ClINO. The maximum Gasteiger partial charge on any atom is 0.254 e. The second kappa shape index (κ2) is 5.60. The van der Waals surface area contributed by atoms with E-state index in [1.54, 1.807) is 0 Å². The molecule has 2 atom stereocenters. The summed E-state index contributed by atoms with van der Waals surface area (Å²) < 4.78 is 0.993. The third kappa shape index (κ3) is 2.64. The first-order valence-electron chi connectivity index (χ1n) is 6.93. The summed E-state index contributed by atoms with van der Waals surface area (Å²) in [5.41, 5.74) is 0.733. The van der Waals surface area contributed by atoms with Gasteiger partial charge in [-0.2, -0.15) is 0 Å². The van der Waals surface area contributed by atoms with Crippen molar-refractivity contribution in [3.63, 3.8) is 0 Å². The predicted octanol–water partition coefficient (Wildman–Crippen LogP) is 4.35. The molecule has 4 heteroatoms. The average Bonchev–Trinajstić information content (AvgIpc) is 2.85. The highest BCUT2D eigenvalue weighted by Gasteiger charge is 2.38. The van der Waals surface area contributed by atoms with E-state index >= 15 is 0 Å². The van der Waals surface area contributed by atoms with Crippen molar-refractivity contribution in [2.75, 3.05) is 6.54 Å².